The zero-order valence-corrected chi connectivity index (χ0v) is 19.2. The summed E-state index contributed by atoms with van der Waals surface area (Å²) in [6, 6.07) is 17.6. The molecule has 31 heavy (non-hydrogen) atoms. The van der Waals surface area contributed by atoms with Gasteiger partial charge in [0.15, 0.2) is 0 Å². The minimum atomic E-state index is -0.113. The van der Waals surface area contributed by atoms with Crippen LogP contribution < -0.4 is 0 Å². The van der Waals surface area contributed by atoms with Gasteiger partial charge in [0.05, 0.1) is 6.54 Å². The summed E-state index contributed by atoms with van der Waals surface area (Å²) >= 11 is 0. The molecule has 2 amide bonds. The van der Waals surface area contributed by atoms with Gasteiger partial charge in [-0.3, -0.25) is 9.59 Å². The van der Waals surface area contributed by atoms with Crippen molar-refractivity contribution in [1.82, 2.24) is 14.4 Å². The number of hydrogen-bond acceptors (Lipinski definition) is 2. The van der Waals surface area contributed by atoms with Gasteiger partial charge in [-0.2, -0.15) is 0 Å². The molecule has 0 radical (unpaired) electrons. The fourth-order valence-corrected chi connectivity index (χ4v) is 3.77. The lowest BCUT2D eigenvalue weighted by atomic mass is 10.1. The van der Waals surface area contributed by atoms with Crippen molar-refractivity contribution in [3.8, 4) is 0 Å². The highest BCUT2D eigenvalue weighted by molar-refractivity contribution is 6.00. The molecule has 164 valence electrons. The Kier molecular flexibility index (Phi) is 7.16. The predicted octanol–water partition coefficient (Wildman–Crippen LogP) is 4.71. The number of carbonyl (C=O) groups is 2. The van der Waals surface area contributed by atoms with Crippen LogP contribution in [0.15, 0.2) is 60.8 Å². The van der Waals surface area contributed by atoms with Crippen LogP contribution in [0.5, 0.6) is 0 Å². The SMILES string of the molecule is CC(C)CN(Cc1cccn1C)C(=O)CN(C(=O)c1ccc2ccccc2c1)C(C)C. The van der Waals surface area contributed by atoms with Crippen molar-refractivity contribution < 1.29 is 9.59 Å². The monoisotopic (exact) mass is 419 g/mol. The molecule has 0 unspecified atom stereocenters. The minimum Gasteiger partial charge on any atom is -0.353 e. The molecule has 0 aliphatic carbocycles. The van der Waals surface area contributed by atoms with Gasteiger partial charge in [0.1, 0.15) is 6.54 Å². The number of benzene rings is 2. The topological polar surface area (TPSA) is 45.6 Å². The van der Waals surface area contributed by atoms with Crippen molar-refractivity contribution >= 4 is 22.6 Å². The molecule has 3 aromatic rings. The first kappa shape index (κ1) is 22.6. The van der Waals surface area contributed by atoms with Gasteiger partial charge in [0.2, 0.25) is 5.91 Å². The van der Waals surface area contributed by atoms with Gasteiger partial charge in [-0.1, -0.05) is 44.2 Å². The summed E-state index contributed by atoms with van der Waals surface area (Å²) in [4.78, 5) is 30.2. The summed E-state index contributed by atoms with van der Waals surface area (Å²) in [7, 11) is 1.98. The lowest BCUT2D eigenvalue weighted by Crippen LogP contribution is -2.46. The molecule has 5 nitrogen and oxygen atoms in total. The van der Waals surface area contributed by atoms with E-state index in [0.29, 0.717) is 24.6 Å². The quantitative estimate of drug-likeness (QED) is 0.531. The largest absolute Gasteiger partial charge is 0.353 e. The van der Waals surface area contributed by atoms with E-state index in [1.165, 1.54) is 0 Å². The van der Waals surface area contributed by atoms with E-state index in [9.17, 15) is 9.59 Å². The van der Waals surface area contributed by atoms with E-state index in [2.05, 4.69) is 13.8 Å². The van der Waals surface area contributed by atoms with Crippen LogP contribution in [0.25, 0.3) is 10.8 Å². The van der Waals surface area contributed by atoms with Crippen LogP contribution in [0, 0.1) is 5.92 Å². The standard InChI is InChI=1S/C26H33N3O2/c1-19(2)16-28(17-24-11-8-14-27(24)5)25(30)18-29(20(3)4)26(31)23-13-12-21-9-6-7-10-22(21)15-23/h6-15,19-20H,16-18H2,1-5H3. The molecule has 3 rings (SSSR count). The fraction of sp³-hybridized carbons (Fsp3) is 0.385. The van der Waals surface area contributed by atoms with Crippen LogP contribution in [0.2, 0.25) is 0 Å². The number of rotatable bonds is 8. The first-order valence-electron chi connectivity index (χ1n) is 10.9. The normalized spacial score (nSPS) is 11.3. The summed E-state index contributed by atoms with van der Waals surface area (Å²) in [5.74, 6) is 0.197. The molecule has 1 aromatic heterocycles. The molecule has 0 atom stereocenters. The minimum absolute atomic E-state index is 0.0299. The third kappa shape index (κ3) is 5.54. The molecule has 0 saturated carbocycles. The van der Waals surface area contributed by atoms with E-state index in [4.69, 9.17) is 0 Å². The second-order valence-electron chi connectivity index (χ2n) is 8.87. The van der Waals surface area contributed by atoms with Gasteiger partial charge in [0.25, 0.3) is 5.91 Å². The maximum atomic E-state index is 13.3. The molecule has 0 aliphatic rings. The third-order valence-corrected chi connectivity index (χ3v) is 5.53. The van der Waals surface area contributed by atoms with Gasteiger partial charge in [-0.15, -0.1) is 0 Å². The number of nitrogens with zero attached hydrogens (tertiary/aromatic N) is 3. The Balaban J connectivity index is 1.81. The molecule has 0 bridgehead atoms. The maximum Gasteiger partial charge on any atom is 0.254 e. The molecule has 0 N–H and O–H groups in total. The van der Waals surface area contributed by atoms with Gasteiger partial charge >= 0.3 is 0 Å². The number of hydrogen-bond donors (Lipinski definition) is 0. The Morgan fingerprint density at radius 1 is 0.935 bits per heavy atom. The molecule has 0 fully saturated rings. The van der Waals surface area contributed by atoms with Crippen LogP contribution >= 0.6 is 0 Å². The molecule has 2 aromatic carbocycles. The first-order valence-corrected chi connectivity index (χ1v) is 10.9. The average molecular weight is 420 g/mol. The summed E-state index contributed by atoms with van der Waals surface area (Å²) in [6.07, 6.45) is 1.98. The molecule has 0 aliphatic heterocycles. The van der Waals surface area contributed by atoms with E-state index < -0.39 is 0 Å². The van der Waals surface area contributed by atoms with Crippen molar-refractivity contribution in [2.24, 2.45) is 13.0 Å². The van der Waals surface area contributed by atoms with Crippen LogP contribution in [0.1, 0.15) is 43.7 Å². The Hall–Kier alpha value is -3.08. The van der Waals surface area contributed by atoms with Crippen molar-refractivity contribution in [3.05, 3.63) is 72.1 Å². The maximum absolute atomic E-state index is 13.3. The van der Waals surface area contributed by atoms with Crippen LogP contribution in [0.3, 0.4) is 0 Å². The zero-order valence-electron chi connectivity index (χ0n) is 19.2. The second kappa shape index (κ2) is 9.82. The molecular weight excluding hydrogens is 386 g/mol. The van der Waals surface area contributed by atoms with Crippen molar-refractivity contribution in [2.45, 2.75) is 40.3 Å². The Morgan fingerprint density at radius 3 is 2.26 bits per heavy atom. The molecule has 1 heterocycles. The molecule has 0 spiro atoms. The summed E-state index contributed by atoms with van der Waals surface area (Å²) < 4.78 is 2.03. The van der Waals surface area contributed by atoms with Gasteiger partial charge in [-0.25, -0.2) is 0 Å². The van der Waals surface area contributed by atoms with Gasteiger partial charge in [0, 0.05) is 37.1 Å². The Labute approximate surface area is 185 Å². The van der Waals surface area contributed by atoms with Crippen LogP contribution in [-0.4, -0.2) is 45.3 Å². The first-order chi connectivity index (χ1) is 14.8. The molecular formula is C26H33N3O2. The Morgan fingerprint density at radius 2 is 1.65 bits per heavy atom. The van der Waals surface area contributed by atoms with E-state index in [1.54, 1.807) is 4.90 Å². The highest BCUT2D eigenvalue weighted by Crippen LogP contribution is 2.18. The van der Waals surface area contributed by atoms with Crippen LogP contribution in [-0.2, 0) is 18.4 Å². The predicted molar refractivity (Wildman–Crippen MR) is 126 cm³/mol. The van der Waals surface area contributed by atoms with E-state index in [-0.39, 0.29) is 24.4 Å². The highest BCUT2D eigenvalue weighted by Gasteiger charge is 2.25. The van der Waals surface area contributed by atoms with Gasteiger partial charge < -0.3 is 14.4 Å². The smallest absolute Gasteiger partial charge is 0.254 e. The van der Waals surface area contributed by atoms with Crippen molar-refractivity contribution in [1.29, 1.82) is 0 Å². The number of aryl methyl sites for hydroxylation is 1. The summed E-state index contributed by atoms with van der Waals surface area (Å²) in [5, 5.41) is 2.12. The molecule has 5 heteroatoms. The number of carbonyl (C=O) groups excluding carboxylic acids is 2. The zero-order chi connectivity index (χ0) is 22.5. The van der Waals surface area contributed by atoms with E-state index in [1.807, 2.05) is 91.2 Å². The summed E-state index contributed by atoms with van der Waals surface area (Å²) in [6.45, 7) is 9.38. The average Bonchev–Trinajstić information content (AvgIpc) is 3.14. The number of amides is 2. The number of fused-ring (bicyclic) bond motifs is 1. The summed E-state index contributed by atoms with van der Waals surface area (Å²) in [5.41, 5.74) is 1.68. The van der Waals surface area contributed by atoms with Crippen LogP contribution in [0.4, 0.5) is 0 Å². The van der Waals surface area contributed by atoms with E-state index in [0.717, 1.165) is 16.5 Å². The Bertz CT molecular complexity index is 1050. The highest BCUT2D eigenvalue weighted by atomic mass is 16.2. The fourth-order valence-electron chi connectivity index (χ4n) is 3.77. The van der Waals surface area contributed by atoms with Crippen molar-refractivity contribution in [3.63, 3.8) is 0 Å². The van der Waals surface area contributed by atoms with Gasteiger partial charge in [-0.05, 0) is 54.8 Å². The molecule has 0 saturated heterocycles. The lowest BCUT2D eigenvalue weighted by molar-refractivity contribution is -0.133. The van der Waals surface area contributed by atoms with Crippen molar-refractivity contribution in [2.75, 3.05) is 13.1 Å². The lowest BCUT2D eigenvalue weighted by Gasteiger charge is -2.31. The van der Waals surface area contributed by atoms with E-state index >= 15 is 0 Å². The third-order valence-electron chi connectivity index (χ3n) is 5.53. The number of aromatic nitrogens is 1. The second-order valence-corrected chi connectivity index (χ2v) is 8.87.